The van der Waals surface area contributed by atoms with Crippen molar-refractivity contribution in [3.8, 4) is 0 Å². The maximum atomic E-state index is 11.5. The van der Waals surface area contributed by atoms with Crippen LogP contribution in [0.3, 0.4) is 0 Å². The molecule has 0 saturated carbocycles. The van der Waals surface area contributed by atoms with Gasteiger partial charge in [-0.05, 0) is 44.6 Å². The molecule has 0 bridgehead atoms. The van der Waals surface area contributed by atoms with Crippen LogP contribution >= 0.6 is 0 Å². The van der Waals surface area contributed by atoms with Gasteiger partial charge in [0.1, 0.15) is 12.2 Å². The first-order valence-corrected chi connectivity index (χ1v) is 14.8. The maximum Gasteiger partial charge on any atom is 0.330 e. The summed E-state index contributed by atoms with van der Waals surface area (Å²) in [4.78, 5) is 11.5. The minimum Gasteiger partial charge on any atom is -0.456 e. The Hall–Kier alpha value is -1.21. The van der Waals surface area contributed by atoms with E-state index in [-0.39, 0.29) is 24.3 Å². The molecule has 2 fully saturated rings. The first kappa shape index (κ1) is 29.3. The van der Waals surface area contributed by atoms with Crippen molar-refractivity contribution in [2.24, 2.45) is 0 Å². The molecule has 2 N–H and O–H groups in total. The van der Waals surface area contributed by atoms with E-state index in [1.54, 1.807) is 6.08 Å². The lowest BCUT2D eigenvalue weighted by atomic mass is 9.92. The van der Waals surface area contributed by atoms with E-state index in [1.165, 1.54) is 70.3 Å². The van der Waals surface area contributed by atoms with Crippen molar-refractivity contribution in [3.63, 3.8) is 0 Å². The molecule has 6 atom stereocenters. The number of carbonyl (C=O) groups is 1. The van der Waals surface area contributed by atoms with Gasteiger partial charge < -0.3 is 24.4 Å². The minimum atomic E-state index is -0.932. The topological polar surface area (TPSA) is 85.2 Å². The van der Waals surface area contributed by atoms with Crippen LogP contribution in [0.5, 0.6) is 0 Å². The molecule has 1 spiro atoms. The maximum absolute atomic E-state index is 11.5. The Morgan fingerprint density at radius 2 is 1.64 bits per heavy atom. The molecule has 0 aromatic rings. The SMILES string of the molecule is CC/C=C/CCCCCCCCCCCCC[C@H](O)C[C@H]1C[C@H](O)C[C@@]2(C[C@@H]3OC(=O)C=C[C@@H]3O2)O1. The van der Waals surface area contributed by atoms with Crippen molar-refractivity contribution < 1.29 is 29.2 Å². The van der Waals surface area contributed by atoms with Crippen molar-refractivity contribution in [2.75, 3.05) is 0 Å². The van der Waals surface area contributed by atoms with Gasteiger partial charge in [0.15, 0.2) is 5.79 Å². The Morgan fingerprint density at radius 1 is 0.972 bits per heavy atom. The Morgan fingerprint density at radius 3 is 2.33 bits per heavy atom. The summed E-state index contributed by atoms with van der Waals surface area (Å²) in [5, 5.41) is 21.0. The van der Waals surface area contributed by atoms with Crippen molar-refractivity contribution >= 4 is 5.97 Å². The van der Waals surface area contributed by atoms with Crippen molar-refractivity contribution in [2.45, 2.75) is 159 Å². The second-order valence-corrected chi connectivity index (χ2v) is 11.1. The van der Waals surface area contributed by atoms with E-state index in [4.69, 9.17) is 14.2 Å². The second kappa shape index (κ2) is 15.9. The molecule has 0 aliphatic carbocycles. The standard InChI is InChI=1S/C30H50O6/c1-2-3-4-5-6-7-8-9-10-11-12-13-14-15-16-17-24(31)20-26-21-25(32)22-30(35-26)23-28-27(36-30)18-19-29(33)34-28/h3-4,18-19,24-28,31-32H,2,5-17,20-23H2,1H3/b4-3+/t24-,25-,26-,27-,28-,30+/m0/s1. The lowest BCUT2D eigenvalue weighted by Crippen LogP contribution is -2.47. The van der Waals surface area contributed by atoms with Crippen LogP contribution in [0.25, 0.3) is 0 Å². The van der Waals surface area contributed by atoms with E-state index in [9.17, 15) is 15.0 Å². The number of esters is 1. The number of hydrogen-bond donors (Lipinski definition) is 2. The van der Waals surface area contributed by atoms with Gasteiger partial charge in [0, 0.05) is 18.9 Å². The molecule has 3 heterocycles. The first-order chi connectivity index (χ1) is 17.5. The van der Waals surface area contributed by atoms with Crippen LogP contribution in [0, 0.1) is 0 Å². The number of aliphatic hydroxyl groups is 2. The molecule has 0 aromatic carbocycles. The van der Waals surface area contributed by atoms with E-state index >= 15 is 0 Å². The Labute approximate surface area is 218 Å². The van der Waals surface area contributed by atoms with E-state index in [0.29, 0.717) is 25.7 Å². The van der Waals surface area contributed by atoms with Crippen LogP contribution in [0.15, 0.2) is 24.3 Å². The van der Waals surface area contributed by atoms with E-state index in [0.717, 1.165) is 25.7 Å². The molecular formula is C30H50O6. The van der Waals surface area contributed by atoms with Gasteiger partial charge in [0.2, 0.25) is 0 Å². The molecule has 3 rings (SSSR count). The van der Waals surface area contributed by atoms with E-state index < -0.39 is 18.0 Å². The zero-order valence-corrected chi connectivity index (χ0v) is 22.5. The van der Waals surface area contributed by atoms with Gasteiger partial charge in [0.25, 0.3) is 0 Å². The summed E-state index contributed by atoms with van der Waals surface area (Å²) in [6.07, 6.45) is 24.9. The predicted molar refractivity (Wildman–Crippen MR) is 141 cm³/mol. The smallest absolute Gasteiger partial charge is 0.330 e. The highest BCUT2D eigenvalue weighted by Gasteiger charge is 2.53. The summed E-state index contributed by atoms with van der Waals surface area (Å²) in [6, 6.07) is 0. The molecule has 3 aliphatic rings. The van der Waals surface area contributed by atoms with Crippen molar-refractivity contribution in [1.82, 2.24) is 0 Å². The van der Waals surface area contributed by atoms with Gasteiger partial charge in [-0.15, -0.1) is 0 Å². The third-order valence-corrected chi connectivity index (χ3v) is 7.73. The van der Waals surface area contributed by atoms with Gasteiger partial charge in [0.05, 0.1) is 18.3 Å². The van der Waals surface area contributed by atoms with Crippen LogP contribution in [0.1, 0.15) is 122 Å². The quantitative estimate of drug-likeness (QED) is 0.137. The zero-order chi connectivity index (χ0) is 25.6. The predicted octanol–water partition coefficient (Wildman–Crippen LogP) is 6.28. The molecule has 0 aromatic heterocycles. The van der Waals surface area contributed by atoms with Gasteiger partial charge >= 0.3 is 5.97 Å². The summed E-state index contributed by atoms with van der Waals surface area (Å²) >= 11 is 0. The first-order valence-electron chi connectivity index (χ1n) is 14.8. The zero-order valence-electron chi connectivity index (χ0n) is 22.5. The number of unbranched alkanes of at least 4 members (excludes halogenated alkanes) is 11. The van der Waals surface area contributed by atoms with Gasteiger partial charge in [-0.1, -0.05) is 83.3 Å². The van der Waals surface area contributed by atoms with Crippen LogP contribution in [0.4, 0.5) is 0 Å². The van der Waals surface area contributed by atoms with Crippen LogP contribution in [0.2, 0.25) is 0 Å². The number of aliphatic hydroxyl groups excluding tert-OH is 2. The molecule has 0 radical (unpaired) electrons. The highest BCUT2D eigenvalue weighted by molar-refractivity contribution is 5.83. The summed E-state index contributed by atoms with van der Waals surface area (Å²) in [6.45, 7) is 2.19. The molecule has 36 heavy (non-hydrogen) atoms. The summed E-state index contributed by atoms with van der Waals surface area (Å²) in [7, 11) is 0. The third kappa shape index (κ3) is 10.3. The largest absolute Gasteiger partial charge is 0.456 e. The second-order valence-electron chi connectivity index (χ2n) is 11.1. The molecular weight excluding hydrogens is 456 g/mol. The molecule has 0 unspecified atom stereocenters. The fraction of sp³-hybridized carbons (Fsp3) is 0.833. The molecule has 0 amide bonds. The highest BCUT2D eigenvalue weighted by atomic mass is 16.7. The van der Waals surface area contributed by atoms with Gasteiger partial charge in [-0.3, -0.25) is 0 Å². The lowest BCUT2D eigenvalue weighted by Gasteiger charge is -2.40. The van der Waals surface area contributed by atoms with E-state index in [1.807, 2.05) is 0 Å². The lowest BCUT2D eigenvalue weighted by molar-refractivity contribution is -0.285. The number of rotatable bonds is 17. The average molecular weight is 507 g/mol. The van der Waals surface area contributed by atoms with Crippen LogP contribution in [-0.2, 0) is 19.0 Å². The van der Waals surface area contributed by atoms with Crippen LogP contribution in [-0.4, -0.2) is 52.5 Å². The minimum absolute atomic E-state index is 0.253. The van der Waals surface area contributed by atoms with Gasteiger partial charge in [-0.2, -0.15) is 0 Å². The average Bonchev–Trinajstić information content (AvgIpc) is 3.16. The van der Waals surface area contributed by atoms with Crippen molar-refractivity contribution in [1.29, 1.82) is 0 Å². The monoisotopic (exact) mass is 506 g/mol. The number of allylic oxidation sites excluding steroid dienone is 2. The summed E-state index contributed by atoms with van der Waals surface area (Å²) in [5.41, 5.74) is 0. The Kier molecular flexibility index (Phi) is 13.0. The highest BCUT2D eigenvalue weighted by Crippen LogP contribution is 2.44. The third-order valence-electron chi connectivity index (χ3n) is 7.73. The molecule has 206 valence electrons. The Balaban J connectivity index is 1.19. The molecule has 2 saturated heterocycles. The van der Waals surface area contributed by atoms with E-state index in [2.05, 4.69) is 19.1 Å². The van der Waals surface area contributed by atoms with Gasteiger partial charge in [-0.25, -0.2) is 4.79 Å². The fourth-order valence-corrected chi connectivity index (χ4v) is 5.86. The fourth-order valence-electron chi connectivity index (χ4n) is 5.86. The summed E-state index contributed by atoms with van der Waals surface area (Å²) < 4.78 is 17.7. The normalized spacial score (nSPS) is 30.7. The number of fused-ring (bicyclic) bond motifs is 1. The Bertz CT molecular complexity index is 691. The molecule has 3 aliphatic heterocycles. The number of ether oxygens (including phenoxy) is 3. The molecule has 6 nitrogen and oxygen atoms in total. The summed E-state index contributed by atoms with van der Waals surface area (Å²) in [5.74, 6) is -1.29. The molecule has 6 heteroatoms. The van der Waals surface area contributed by atoms with Crippen LogP contribution < -0.4 is 0 Å². The number of hydrogen-bond acceptors (Lipinski definition) is 6. The number of carbonyl (C=O) groups excluding carboxylic acids is 1. The van der Waals surface area contributed by atoms with Crippen molar-refractivity contribution in [3.05, 3.63) is 24.3 Å².